The molecule has 24 heavy (non-hydrogen) atoms. The molecule has 0 bridgehead atoms. The zero-order valence-electron chi connectivity index (χ0n) is 14.4. The number of oxime groups is 1. The molecule has 2 rings (SSSR count). The van der Waals surface area contributed by atoms with Crippen molar-refractivity contribution in [2.75, 3.05) is 7.11 Å². The second kappa shape index (κ2) is 9.85. The molecule has 128 valence electrons. The summed E-state index contributed by atoms with van der Waals surface area (Å²) in [4.78, 5) is 4.86. The van der Waals surface area contributed by atoms with Crippen LogP contribution < -0.4 is 0 Å². The summed E-state index contributed by atoms with van der Waals surface area (Å²) >= 11 is 0. The fraction of sp³-hybridized carbons (Fsp3) is 0.350. The summed E-state index contributed by atoms with van der Waals surface area (Å²) in [7, 11) is 1.52. The summed E-state index contributed by atoms with van der Waals surface area (Å²) in [5, 5.41) is 3.91. The van der Waals surface area contributed by atoms with Crippen molar-refractivity contribution in [2.24, 2.45) is 5.16 Å². The topological polar surface area (TPSA) is 40.0 Å². The number of hydrogen-bond acceptors (Lipinski definition) is 4. The van der Waals surface area contributed by atoms with Gasteiger partial charge in [0, 0.05) is 6.42 Å². The highest BCUT2D eigenvalue weighted by Gasteiger charge is 2.30. The number of ether oxygens (including phenoxy) is 2. The molecule has 0 N–H and O–H groups in total. The molecule has 2 aromatic carbocycles. The SMILES string of the molecule is CCCC(C=NOC)(OCc1ccccc1)OCc1ccccc1. The molecule has 0 aliphatic rings. The van der Waals surface area contributed by atoms with Gasteiger partial charge in [-0.3, -0.25) is 0 Å². The molecule has 2 aromatic rings. The van der Waals surface area contributed by atoms with E-state index in [1.165, 1.54) is 7.11 Å². The molecule has 0 radical (unpaired) electrons. The van der Waals surface area contributed by atoms with Crippen molar-refractivity contribution in [3.8, 4) is 0 Å². The van der Waals surface area contributed by atoms with E-state index in [0.29, 0.717) is 19.6 Å². The molecule has 0 aliphatic heterocycles. The number of hydrogen-bond donors (Lipinski definition) is 0. The van der Waals surface area contributed by atoms with Crippen LogP contribution in [0.4, 0.5) is 0 Å². The average Bonchev–Trinajstić information content (AvgIpc) is 2.65. The molecule has 0 aliphatic carbocycles. The largest absolute Gasteiger partial charge is 0.399 e. The monoisotopic (exact) mass is 327 g/mol. The van der Waals surface area contributed by atoms with E-state index < -0.39 is 5.79 Å². The van der Waals surface area contributed by atoms with Crippen LogP contribution in [0.5, 0.6) is 0 Å². The lowest BCUT2D eigenvalue weighted by Crippen LogP contribution is -2.37. The molecular formula is C20H25NO3. The van der Waals surface area contributed by atoms with Gasteiger partial charge in [0.05, 0.1) is 13.2 Å². The molecule has 4 heteroatoms. The standard InChI is InChI=1S/C20H25NO3/c1-3-14-20(17-21-22-2,23-15-18-10-6-4-7-11-18)24-16-19-12-8-5-9-13-19/h4-13,17H,3,14-16H2,1-2H3. The maximum absolute atomic E-state index is 6.13. The maximum Gasteiger partial charge on any atom is 0.209 e. The van der Waals surface area contributed by atoms with Gasteiger partial charge < -0.3 is 14.3 Å². The summed E-state index contributed by atoms with van der Waals surface area (Å²) in [6.07, 6.45) is 3.21. The van der Waals surface area contributed by atoms with Crippen LogP contribution in [0.15, 0.2) is 65.8 Å². The average molecular weight is 327 g/mol. The fourth-order valence-electron chi connectivity index (χ4n) is 2.37. The second-order valence-corrected chi connectivity index (χ2v) is 5.53. The van der Waals surface area contributed by atoms with Crippen LogP contribution in [0, 0.1) is 0 Å². The van der Waals surface area contributed by atoms with Gasteiger partial charge in [-0.15, -0.1) is 0 Å². The molecule has 4 nitrogen and oxygen atoms in total. The van der Waals surface area contributed by atoms with Crippen LogP contribution in [0.2, 0.25) is 0 Å². The molecule has 0 saturated carbocycles. The van der Waals surface area contributed by atoms with Crippen molar-refractivity contribution < 1.29 is 14.3 Å². The highest BCUT2D eigenvalue weighted by molar-refractivity contribution is 5.66. The van der Waals surface area contributed by atoms with Gasteiger partial charge in [0.1, 0.15) is 13.3 Å². The summed E-state index contributed by atoms with van der Waals surface area (Å²) in [5.41, 5.74) is 2.18. The van der Waals surface area contributed by atoms with E-state index in [4.69, 9.17) is 14.3 Å². The zero-order chi connectivity index (χ0) is 17.1. The molecule has 0 saturated heterocycles. The van der Waals surface area contributed by atoms with Crippen molar-refractivity contribution in [1.82, 2.24) is 0 Å². The minimum atomic E-state index is -0.906. The summed E-state index contributed by atoms with van der Waals surface area (Å²) in [6.45, 7) is 2.99. The van der Waals surface area contributed by atoms with Crippen LogP contribution in [-0.4, -0.2) is 19.1 Å². The van der Waals surface area contributed by atoms with Crippen LogP contribution in [0.25, 0.3) is 0 Å². The van der Waals surface area contributed by atoms with Crippen molar-refractivity contribution in [1.29, 1.82) is 0 Å². The van der Waals surface area contributed by atoms with E-state index in [2.05, 4.69) is 12.1 Å². The van der Waals surface area contributed by atoms with Gasteiger partial charge in [-0.25, -0.2) is 0 Å². The zero-order valence-corrected chi connectivity index (χ0v) is 14.4. The van der Waals surface area contributed by atoms with E-state index in [1.807, 2.05) is 60.7 Å². The smallest absolute Gasteiger partial charge is 0.209 e. The quantitative estimate of drug-likeness (QED) is 0.365. The van der Waals surface area contributed by atoms with E-state index in [1.54, 1.807) is 6.21 Å². The minimum Gasteiger partial charge on any atom is -0.399 e. The third-order valence-electron chi connectivity index (χ3n) is 3.61. The lowest BCUT2D eigenvalue weighted by molar-refractivity contribution is -0.204. The molecular weight excluding hydrogens is 302 g/mol. The van der Waals surface area contributed by atoms with E-state index in [9.17, 15) is 0 Å². The normalized spacial score (nSPS) is 11.8. The van der Waals surface area contributed by atoms with E-state index in [-0.39, 0.29) is 0 Å². The van der Waals surface area contributed by atoms with Crippen molar-refractivity contribution in [3.63, 3.8) is 0 Å². The van der Waals surface area contributed by atoms with E-state index >= 15 is 0 Å². The van der Waals surface area contributed by atoms with E-state index in [0.717, 1.165) is 17.5 Å². The first-order chi connectivity index (χ1) is 11.8. The lowest BCUT2D eigenvalue weighted by atomic mass is 10.1. The molecule has 0 aromatic heterocycles. The highest BCUT2D eigenvalue weighted by Crippen LogP contribution is 2.22. The number of benzene rings is 2. The summed E-state index contributed by atoms with van der Waals surface area (Å²) < 4.78 is 12.3. The number of nitrogens with zero attached hydrogens (tertiary/aromatic N) is 1. The Morgan fingerprint density at radius 1 is 0.875 bits per heavy atom. The van der Waals surface area contributed by atoms with Gasteiger partial charge in [-0.2, -0.15) is 0 Å². The van der Waals surface area contributed by atoms with Gasteiger partial charge in [-0.1, -0.05) is 79.2 Å². The van der Waals surface area contributed by atoms with Crippen LogP contribution in [0.3, 0.4) is 0 Å². The molecule has 0 atom stereocenters. The third kappa shape index (κ3) is 5.80. The Bertz CT molecular complexity index is 555. The Morgan fingerprint density at radius 2 is 1.38 bits per heavy atom. The van der Waals surface area contributed by atoms with Crippen LogP contribution in [0.1, 0.15) is 30.9 Å². The van der Waals surface area contributed by atoms with Gasteiger partial charge in [0.2, 0.25) is 5.79 Å². The number of rotatable bonds is 10. The van der Waals surface area contributed by atoms with Gasteiger partial charge in [0.25, 0.3) is 0 Å². The van der Waals surface area contributed by atoms with Gasteiger partial charge in [-0.05, 0) is 11.1 Å². The molecule has 0 fully saturated rings. The Hall–Kier alpha value is -2.17. The van der Waals surface area contributed by atoms with Crippen molar-refractivity contribution >= 4 is 6.21 Å². The first kappa shape index (κ1) is 18.2. The summed E-state index contributed by atoms with van der Waals surface area (Å²) in [5.74, 6) is -0.906. The first-order valence-electron chi connectivity index (χ1n) is 8.21. The second-order valence-electron chi connectivity index (χ2n) is 5.53. The Balaban J connectivity index is 2.10. The van der Waals surface area contributed by atoms with Gasteiger partial charge >= 0.3 is 0 Å². The van der Waals surface area contributed by atoms with Crippen molar-refractivity contribution in [3.05, 3.63) is 71.8 Å². The molecule has 0 unspecified atom stereocenters. The highest BCUT2D eigenvalue weighted by atomic mass is 16.7. The predicted molar refractivity (Wildman–Crippen MR) is 95.6 cm³/mol. The fourth-order valence-corrected chi connectivity index (χ4v) is 2.37. The lowest BCUT2D eigenvalue weighted by Gasteiger charge is -2.30. The van der Waals surface area contributed by atoms with Crippen LogP contribution in [-0.2, 0) is 27.5 Å². The first-order valence-corrected chi connectivity index (χ1v) is 8.21. The summed E-state index contributed by atoms with van der Waals surface area (Å²) in [6, 6.07) is 20.1. The van der Waals surface area contributed by atoms with Gasteiger partial charge in [0.15, 0.2) is 0 Å². The van der Waals surface area contributed by atoms with Crippen molar-refractivity contribution in [2.45, 2.75) is 38.8 Å². The molecule has 0 heterocycles. The Morgan fingerprint density at radius 3 is 1.79 bits per heavy atom. The minimum absolute atomic E-state index is 0.450. The maximum atomic E-state index is 6.13. The molecule has 0 amide bonds. The Kier molecular flexibility index (Phi) is 7.46. The molecule has 0 spiro atoms. The van der Waals surface area contributed by atoms with Crippen LogP contribution >= 0.6 is 0 Å². The predicted octanol–water partition coefficient (Wildman–Crippen LogP) is 4.55. The Labute approximate surface area is 144 Å². The third-order valence-corrected chi connectivity index (χ3v) is 3.61.